The molecular weight excluding hydrogens is 254 g/mol. The molecule has 104 valence electrons. The first-order valence-electron chi connectivity index (χ1n) is 6.72. The van der Waals surface area contributed by atoms with Gasteiger partial charge in [-0.05, 0) is 24.5 Å². The molecule has 0 radical (unpaired) electrons. The van der Waals surface area contributed by atoms with Gasteiger partial charge in [0.1, 0.15) is 17.6 Å². The van der Waals surface area contributed by atoms with Crippen molar-refractivity contribution in [3.8, 4) is 11.5 Å². The van der Waals surface area contributed by atoms with Crippen LogP contribution in [0.15, 0.2) is 36.7 Å². The minimum absolute atomic E-state index is 0.577. The van der Waals surface area contributed by atoms with Gasteiger partial charge in [0, 0.05) is 17.3 Å². The van der Waals surface area contributed by atoms with Crippen molar-refractivity contribution < 1.29 is 14.6 Å². The molecule has 1 aromatic heterocycles. The minimum atomic E-state index is -0.777. The summed E-state index contributed by atoms with van der Waals surface area (Å²) in [6.45, 7) is 0.699. The second kappa shape index (κ2) is 5.51. The summed E-state index contributed by atoms with van der Waals surface area (Å²) in [4.78, 5) is 4.01. The van der Waals surface area contributed by atoms with Crippen molar-refractivity contribution in [3.05, 3.63) is 53.3 Å². The van der Waals surface area contributed by atoms with Gasteiger partial charge in [-0.15, -0.1) is 0 Å². The van der Waals surface area contributed by atoms with E-state index in [-0.39, 0.29) is 0 Å². The predicted octanol–water partition coefficient (Wildman–Crippen LogP) is 2.50. The fraction of sp³-hybridized carbons (Fsp3) is 0.312. The summed E-state index contributed by atoms with van der Waals surface area (Å²) in [5.74, 6) is 1.39. The van der Waals surface area contributed by atoms with Crippen molar-refractivity contribution in [3.63, 3.8) is 0 Å². The van der Waals surface area contributed by atoms with Crippen LogP contribution in [0.5, 0.6) is 11.5 Å². The van der Waals surface area contributed by atoms with Crippen molar-refractivity contribution >= 4 is 0 Å². The van der Waals surface area contributed by atoms with Crippen LogP contribution in [0, 0.1) is 0 Å². The van der Waals surface area contributed by atoms with E-state index in [0.717, 1.165) is 29.7 Å². The molecule has 0 aliphatic carbocycles. The van der Waals surface area contributed by atoms with E-state index in [9.17, 15) is 5.11 Å². The fourth-order valence-corrected chi connectivity index (χ4v) is 2.58. The lowest BCUT2D eigenvalue weighted by Gasteiger charge is -2.23. The summed E-state index contributed by atoms with van der Waals surface area (Å²) in [5, 5.41) is 10.7. The number of nitrogens with zero attached hydrogens (tertiary/aromatic N) is 1. The monoisotopic (exact) mass is 271 g/mol. The molecule has 0 fully saturated rings. The molecule has 0 saturated carbocycles. The summed E-state index contributed by atoms with van der Waals surface area (Å²) < 4.78 is 11.0. The first-order valence-corrected chi connectivity index (χ1v) is 6.72. The summed E-state index contributed by atoms with van der Waals surface area (Å²) in [6, 6.07) is 7.68. The molecule has 2 heterocycles. The Labute approximate surface area is 118 Å². The molecule has 1 aliphatic rings. The quantitative estimate of drug-likeness (QED) is 0.932. The van der Waals surface area contributed by atoms with E-state index < -0.39 is 6.10 Å². The number of rotatable bonds is 3. The first kappa shape index (κ1) is 12.9. The Kier molecular flexibility index (Phi) is 3.56. The Balaban J connectivity index is 2.04. The van der Waals surface area contributed by atoms with Crippen LogP contribution in [0.4, 0.5) is 0 Å². The van der Waals surface area contributed by atoms with Crippen LogP contribution in [0.25, 0.3) is 0 Å². The Morgan fingerprint density at radius 2 is 2.20 bits per heavy atom. The summed E-state index contributed by atoms with van der Waals surface area (Å²) in [6.07, 6.45) is 4.49. The van der Waals surface area contributed by atoms with Crippen molar-refractivity contribution in [1.29, 1.82) is 0 Å². The normalized spacial score (nSPS) is 15.1. The highest BCUT2D eigenvalue weighted by molar-refractivity contribution is 5.48. The van der Waals surface area contributed by atoms with Crippen LogP contribution in [-0.4, -0.2) is 23.8 Å². The molecule has 3 rings (SSSR count). The lowest BCUT2D eigenvalue weighted by molar-refractivity contribution is 0.202. The standard InChI is InChI=1S/C16H17NO3/c1-19-14-10-17-8-7-12(14)15(18)13-6-2-4-11-5-3-9-20-16(11)13/h2,4,6-8,10,15,18H,3,5,9H2,1H3. The molecule has 0 amide bonds. The number of benzene rings is 1. The molecule has 1 atom stereocenters. The average Bonchev–Trinajstić information content (AvgIpc) is 2.53. The van der Waals surface area contributed by atoms with E-state index in [0.29, 0.717) is 17.9 Å². The first-order chi connectivity index (χ1) is 9.81. The van der Waals surface area contributed by atoms with Gasteiger partial charge in [0.2, 0.25) is 0 Å². The van der Waals surface area contributed by atoms with E-state index in [2.05, 4.69) is 11.1 Å². The third kappa shape index (κ3) is 2.23. The average molecular weight is 271 g/mol. The Hall–Kier alpha value is -2.07. The van der Waals surface area contributed by atoms with Gasteiger partial charge in [-0.25, -0.2) is 0 Å². The minimum Gasteiger partial charge on any atom is -0.495 e. The van der Waals surface area contributed by atoms with Crippen LogP contribution >= 0.6 is 0 Å². The Morgan fingerprint density at radius 3 is 3.05 bits per heavy atom. The topological polar surface area (TPSA) is 51.6 Å². The summed E-state index contributed by atoms with van der Waals surface area (Å²) >= 11 is 0. The van der Waals surface area contributed by atoms with Gasteiger partial charge in [-0.2, -0.15) is 0 Å². The molecule has 20 heavy (non-hydrogen) atoms. The Bertz CT molecular complexity index is 612. The fourth-order valence-electron chi connectivity index (χ4n) is 2.58. The smallest absolute Gasteiger partial charge is 0.143 e. The van der Waals surface area contributed by atoms with Gasteiger partial charge in [0.15, 0.2) is 0 Å². The predicted molar refractivity (Wildman–Crippen MR) is 75.1 cm³/mol. The number of aliphatic hydroxyl groups excluding tert-OH is 1. The zero-order valence-electron chi connectivity index (χ0n) is 11.4. The maximum absolute atomic E-state index is 10.7. The number of aromatic nitrogens is 1. The molecule has 1 aliphatic heterocycles. The van der Waals surface area contributed by atoms with E-state index in [1.54, 1.807) is 25.6 Å². The van der Waals surface area contributed by atoms with Crippen LogP contribution in [0.2, 0.25) is 0 Å². The molecule has 1 aromatic carbocycles. The molecule has 0 saturated heterocycles. The van der Waals surface area contributed by atoms with Crippen molar-refractivity contribution in [2.45, 2.75) is 18.9 Å². The van der Waals surface area contributed by atoms with Crippen LogP contribution < -0.4 is 9.47 Å². The molecule has 0 bridgehead atoms. The second-order valence-electron chi connectivity index (χ2n) is 4.81. The second-order valence-corrected chi connectivity index (χ2v) is 4.81. The molecule has 1 unspecified atom stereocenters. The van der Waals surface area contributed by atoms with E-state index >= 15 is 0 Å². The number of para-hydroxylation sites is 1. The lowest BCUT2D eigenvalue weighted by Crippen LogP contribution is -2.13. The largest absolute Gasteiger partial charge is 0.495 e. The molecule has 4 nitrogen and oxygen atoms in total. The highest BCUT2D eigenvalue weighted by Crippen LogP contribution is 2.37. The number of fused-ring (bicyclic) bond motifs is 1. The van der Waals surface area contributed by atoms with E-state index in [4.69, 9.17) is 9.47 Å². The van der Waals surface area contributed by atoms with Crippen LogP contribution in [0.1, 0.15) is 29.2 Å². The van der Waals surface area contributed by atoms with Gasteiger partial charge in [-0.1, -0.05) is 18.2 Å². The zero-order chi connectivity index (χ0) is 13.9. The molecule has 1 N–H and O–H groups in total. The number of hydrogen-bond donors (Lipinski definition) is 1. The third-order valence-electron chi connectivity index (χ3n) is 3.59. The number of ether oxygens (including phenoxy) is 2. The number of pyridine rings is 1. The lowest BCUT2D eigenvalue weighted by atomic mass is 9.96. The van der Waals surface area contributed by atoms with E-state index in [1.807, 2.05) is 12.1 Å². The van der Waals surface area contributed by atoms with Gasteiger partial charge in [0.25, 0.3) is 0 Å². The third-order valence-corrected chi connectivity index (χ3v) is 3.59. The molecule has 2 aromatic rings. The van der Waals surface area contributed by atoms with Gasteiger partial charge in [-0.3, -0.25) is 4.98 Å². The zero-order valence-corrected chi connectivity index (χ0v) is 11.4. The number of methoxy groups -OCH3 is 1. The number of aryl methyl sites for hydroxylation is 1. The van der Waals surface area contributed by atoms with Crippen LogP contribution in [-0.2, 0) is 6.42 Å². The number of aliphatic hydroxyl groups is 1. The van der Waals surface area contributed by atoms with Crippen LogP contribution in [0.3, 0.4) is 0 Å². The van der Waals surface area contributed by atoms with Gasteiger partial charge >= 0.3 is 0 Å². The Morgan fingerprint density at radius 1 is 1.30 bits per heavy atom. The van der Waals surface area contributed by atoms with Crippen molar-refractivity contribution in [2.24, 2.45) is 0 Å². The highest BCUT2D eigenvalue weighted by atomic mass is 16.5. The SMILES string of the molecule is COc1cnccc1C(O)c1cccc2c1OCCC2. The molecule has 0 spiro atoms. The molecule has 4 heteroatoms. The van der Waals surface area contributed by atoms with Crippen molar-refractivity contribution in [1.82, 2.24) is 4.98 Å². The highest BCUT2D eigenvalue weighted by Gasteiger charge is 2.22. The maximum atomic E-state index is 10.7. The maximum Gasteiger partial charge on any atom is 0.143 e. The van der Waals surface area contributed by atoms with E-state index in [1.165, 1.54) is 0 Å². The summed E-state index contributed by atoms with van der Waals surface area (Å²) in [5.41, 5.74) is 2.64. The summed E-state index contributed by atoms with van der Waals surface area (Å²) in [7, 11) is 1.57. The van der Waals surface area contributed by atoms with Crippen molar-refractivity contribution in [2.75, 3.05) is 13.7 Å². The molecular formula is C16H17NO3. The number of hydrogen-bond acceptors (Lipinski definition) is 4. The van der Waals surface area contributed by atoms with Gasteiger partial charge < -0.3 is 14.6 Å². The van der Waals surface area contributed by atoms with Gasteiger partial charge in [0.05, 0.1) is 19.9 Å².